The molecule has 1 aliphatic carbocycles. The van der Waals surface area contributed by atoms with Crippen LogP contribution < -0.4 is 0 Å². The average Bonchev–Trinajstić information content (AvgIpc) is 3.38. The number of carbonyl (C=O) groups is 2. The number of Topliss-reactive ketones (excluding diaryl/α,β-unsaturated/α-hetero) is 1. The summed E-state index contributed by atoms with van der Waals surface area (Å²) in [5.74, 6) is -0.0916. The lowest BCUT2D eigenvalue weighted by Gasteiger charge is -2.16. The molecule has 0 saturated carbocycles. The molecule has 0 amide bonds. The van der Waals surface area contributed by atoms with Crippen LogP contribution in [0.1, 0.15) is 44.7 Å². The van der Waals surface area contributed by atoms with Crippen molar-refractivity contribution in [1.29, 1.82) is 0 Å². The second kappa shape index (κ2) is 9.20. The molecule has 6 heteroatoms. The Kier molecular flexibility index (Phi) is 5.81. The minimum absolute atomic E-state index is 0.211. The lowest BCUT2D eigenvalue weighted by Crippen LogP contribution is -2.15. The van der Waals surface area contributed by atoms with Gasteiger partial charge >= 0.3 is 5.97 Å². The molecule has 0 saturated heterocycles. The van der Waals surface area contributed by atoms with Crippen LogP contribution in [0.4, 0.5) is 0 Å². The molecule has 0 N–H and O–H groups in total. The molecule has 0 atom stereocenters. The number of fused-ring (bicyclic) bond motifs is 1. The molecular formula is C27H22N2O4. The zero-order chi connectivity index (χ0) is 22.6. The molecule has 0 bridgehead atoms. The first-order valence-corrected chi connectivity index (χ1v) is 11.0. The SMILES string of the molecule is O=C(COC(=O)c1cccc(-c2nnc(-c3ccccc3)o2)c1)c1ccc2c(c1)CCCC2. The van der Waals surface area contributed by atoms with E-state index in [9.17, 15) is 9.59 Å². The van der Waals surface area contributed by atoms with Crippen LogP contribution in [0.15, 0.2) is 77.2 Å². The van der Waals surface area contributed by atoms with Gasteiger partial charge in [-0.3, -0.25) is 4.79 Å². The molecule has 1 aliphatic rings. The number of rotatable bonds is 6. The number of carbonyl (C=O) groups excluding carboxylic acids is 2. The zero-order valence-corrected chi connectivity index (χ0v) is 18.0. The topological polar surface area (TPSA) is 82.3 Å². The van der Waals surface area contributed by atoms with Gasteiger partial charge in [-0.2, -0.15) is 0 Å². The van der Waals surface area contributed by atoms with Gasteiger partial charge < -0.3 is 9.15 Å². The van der Waals surface area contributed by atoms with Crippen molar-refractivity contribution in [3.63, 3.8) is 0 Å². The number of benzene rings is 3. The molecule has 0 radical (unpaired) electrons. The highest BCUT2D eigenvalue weighted by atomic mass is 16.5. The summed E-state index contributed by atoms with van der Waals surface area (Å²) >= 11 is 0. The first kappa shape index (κ1) is 20.8. The number of hydrogen-bond acceptors (Lipinski definition) is 6. The van der Waals surface area contributed by atoms with Crippen LogP contribution in [0.5, 0.6) is 0 Å². The van der Waals surface area contributed by atoms with Crippen molar-refractivity contribution in [3.05, 3.63) is 95.1 Å². The fourth-order valence-electron chi connectivity index (χ4n) is 4.02. The summed E-state index contributed by atoms with van der Waals surface area (Å²) in [4.78, 5) is 25.2. The molecule has 6 nitrogen and oxygen atoms in total. The predicted octanol–water partition coefficient (Wildman–Crippen LogP) is 5.32. The Hall–Kier alpha value is -4.06. The van der Waals surface area contributed by atoms with Gasteiger partial charge in [-0.15, -0.1) is 10.2 Å². The van der Waals surface area contributed by atoms with Crippen LogP contribution in [-0.2, 0) is 17.6 Å². The summed E-state index contributed by atoms with van der Waals surface area (Å²) in [7, 11) is 0. The molecule has 0 aliphatic heterocycles. The Morgan fingerprint density at radius 3 is 2.30 bits per heavy atom. The Bertz CT molecular complexity index is 1310. The second-order valence-corrected chi connectivity index (χ2v) is 8.05. The van der Waals surface area contributed by atoms with Gasteiger partial charge in [0.25, 0.3) is 0 Å². The monoisotopic (exact) mass is 438 g/mol. The highest BCUT2D eigenvalue weighted by molar-refractivity contribution is 5.99. The minimum Gasteiger partial charge on any atom is -0.454 e. The molecule has 0 spiro atoms. The third-order valence-corrected chi connectivity index (χ3v) is 5.80. The molecule has 4 aromatic rings. The highest BCUT2D eigenvalue weighted by Gasteiger charge is 2.17. The second-order valence-electron chi connectivity index (χ2n) is 8.05. The molecule has 164 valence electrons. The molecule has 1 aromatic heterocycles. The number of ketones is 1. The van der Waals surface area contributed by atoms with Crippen molar-refractivity contribution in [3.8, 4) is 22.9 Å². The Balaban J connectivity index is 1.26. The number of aromatic nitrogens is 2. The van der Waals surface area contributed by atoms with Crippen molar-refractivity contribution in [2.75, 3.05) is 6.61 Å². The normalized spacial score (nSPS) is 12.7. The Labute approximate surface area is 191 Å². The van der Waals surface area contributed by atoms with E-state index in [2.05, 4.69) is 10.2 Å². The average molecular weight is 438 g/mol. The number of aryl methyl sites for hydroxylation is 2. The van der Waals surface area contributed by atoms with Crippen molar-refractivity contribution in [2.24, 2.45) is 0 Å². The van der Waals surface area contributed by atoms with Gasteiger partial charge in [-0.1, -0.05) is 36.4 Å². The fraction of sp³-hybridized carbons (Fsp3) is 0.185. The van der Waals surface area contributed by atoms with Gasteiger partial charge in [0, 0.05) is 16.7 Å². The van der Waals surface area contributed by atoms with Crippen molar-refractivity contribution < 1.29 is 18.7 Å². The van der Waals surface area contributed by atoms with Crippen molar-refractivity contribution >= 4 is 11.8 Å². The first-order valence-electron chi connectivity index (χ1n) is 11.0. The van der Waals surface area contributed by atoms with Crippen LogP contribution in [0.3, 0.4) is 0 Å². The van der Waals surface area contributed by atoms with Crippen LogP contribution in [0, 0.1) is 0 Å². The lowest BCUT2D eigenvalue weighted by molar-refractivity contribution is 0.0475. The molecule has 0 unspecified atom stereocenters. The van der Waals surface area contributed by atoms with E-state index < -0.39 is 5.97 Å². The summed E-state index contributed by atoms with van der Waals surface area (Å²) in [6.45, 7) is -0.305. The summed E-state index contributed by atoms with van der Waals surface area (Å²) < 4.78 is 11.1. The molecule has 33 heavy (non-hydrogen) atoms. The maximum Gasteiger partial charge on any atom is 0.338 e. The van der Waals surface area contributed by atoms with Crippen LogP contribution >= 0.6 is 0 Å². The molecule has 0 fully saturated rings. The quantitative estimate of drug-likeness (QED) is 0.299. The van der Waals surface area contributed by atoms with E-state index in [4.69, 9.17) is 9.15 Å². The summed E-state index contributed by atoms with van der Waals surface area (Å²) in [5, 5.41) is 8.17. The minimum atomic E-state index is -0.578. The largest absolute Gasteiger partial charge is 0.454 e. The van der Waals surface area contributed by atoms with Crippen LogP contribution in [0.2, 0.25) is 0 Å². The van der Waals surface area contributed by atoms with Crippen molar-refractivity contribution in [1.82, 2.24) is 10.2 Å². The molecule has 3 aromatic carbocycles. The summed E-state index contributed by atoms with van der Waals surface area (Å²) in [6.07, 6.45) is 4.38. The highest BCUT2D eigenvalue weighted by Crippen LogP contribution is 2.25. The Morgan fingerprint density at radius 1 is 0.758 bits per heavy atom. The zero-order valence-electron chi connectivity index (χ0n) is 18.0. The third kappa shape index (κ3) is 4.60. The summed E-state index contributed by atoms with van der Waals surface area (Å²) in [5.41, 5.74) is 4.83. The standard InChI is InChI=1S/C27H22N2O4/c30-24(21-14-13-18-7-4-5-10-20(18)15-21)17-32-27(31)23-12-6-11-22(16-23)26-29-28-25(33-26)19-8-2-1-3-9-19/h1-3,6,8-9,11-16H,4-5,7,10,17H2. The van der Waals surface area contributed by atoms with Gasteiger partial charge in [0.2, 0.25) is 11.8 Å². The molecule has 1 heterocycles. The van der Waals surface area contributed by atoms with E-state index in [1.807, 2.05) is 48.5 Å². The van der Waals surface area contributed by atoms with Gasteiger partial charge in [0.15, 0.2) is 12.4 Å². The van der Waals surface area contributed by atoms with Crippen molar-refractivity contribution in [2.45, 2.75) is 25.7 Å². The lowest BCUT2D eigenvalue weighted by atomic mass is 9.90. The number of esters is 1. The van der Waals surface area contributed by atoms with Gasteiger partial charge in [0.1, 0.15) is 0 Å². The Morgan fingerprint density at radius 2 is 1.48 bits per heavy atom. The smallest absolute Gasteiger partial charge is 0.338 e. The van der Waals surface area contributed by atoms with Gasteiger partial charge in [0.05, 0.1) is 5.56 Å². The predicted molar refractivity (Wildman–Crippen MR) is 123 cm³/mol. The van der Waals surface area contributed by atoms with Gasteiger partial charge in [-0.05, 0) is 73.2 Å². The van der Waals surface area contributed by atoms with E-state index in [-0.39, 0.29) is 12.4 Å². The fourth-order valence-corrected chi connectivity index (χ4v) is 4.02. The number of ether oxygens (including phenoxy) is 1. The molecular weight excluding hydrogens is 416 g/mol. The number of hydrogen-bond donors (Lipinski definition) is 0. The third-order valence-electron chi connectivity index (χ3n) is 5.80. The van der Waals surface area contributed by atoms with Gasteiger partial charge in [-0.25, -0.2) is 4.79 Å². The van der Waals surface area contributed by atoms with E-state index in [0.717, 1.165) is 24.8 Å². The van der Waals surface area contributed by atoms with E-state index >= 15 is 0 Å². The maximum atomic E-state index is 12.6. The summed E-state index contributed by atoms with van der Waals surface area (Å²) in [6, 6.07) is 22.0. The number of nitrogens with zero attached hydrogens (tertiary/aromatic N) is 2. The van der Waals surface area contributed by atoms with E-state index in [0.29, 0.717) is 28.5 Å². The first-order chi connectivity index (χ1) is 16.2. The molecule has 5 rings (SSSR count). The van der Waals surface area contributed by atoms with Crippen LogP contribution in [0.25, 0.3) is 22.9 Å². The van der Waals surface area contributed by atoms with Crippen LogP contribution in [-0.4, -0.2) is 28.6 Å². The van der Waals surface area contributed by atoms with E-state index in [1.54, 1.807) is 24.3 Å². The van der Waals surface area contributed by atoms with E-state index in [1.165, 1.54) is 17.5 Å². The maximum absolute atomic E-state index is 12.6.